The highest BCUT2D eigenvalue weighted by Gasteiger charge is 2.39. The van der Waals surface area contributed by atoms with Gasteiger partial charge in [0.2, 0.25) is 5.91 Å². The molecule has 0 spiro atoms. The minimum Gasteiger partial charge on any atom is -0.335 e. The van der Waals surface area contributed by atoms with Gasteiger partial charge in [0, 0.05) is 38.1 Å². The van der Waals surface area contributed by atoms with Crippen LogP contribution in [0.3, 0.4) is 0 Å². The summed E-state index contributed by atoms with van der Waals surface area (Å²) in [5.74, 6) is -0.220. The van der Waals surface area contributed by atoms with Crippen molar-refractivity contribution in [2.75, 3.05) is 13.1 Å². The van der Waals surface area contributed by atoms with Gasteiger partial charge in [-0.3, -0.25) is 9.78 Å². The van der Waals surface area contributed by atoms with Crippen LogP contribution in [0.2, 0.25) is 0 Å². The van der Waals surface area contributed by atoms with Gasteiger partial charge in [-0.15, -0.1) is 11.3 Å². The van der Waals surface area contributed by atoms with Crippen LogP contribution in [0, 0.1) is 5.92 Å². The SMILES string of the molecule is O=C(C1CCCN(S(=O)(=O)c2ccc(Br)s2)C1)N(Cc1cccnc1)C1CC1. The number of carbonyl (C=O) groups excluding carboxylic acids is 1. The van der Waals surface area contributed by atoms with Gasteiger partial charge in [-0.25, -0.2) is 8.42 Å². The summed E-state index contributed by atoms with van der Waals surface area (Å²) in [4.78, 5) is 19.3. The number of hydrogen-bond acceptors (Lipinski definition) is 5. The van der Waals surface area contributed by atoms with E-state index in [-0.39, 0.29) is 24.4 Å². The lowest BCUT2D eigenvalue weighted by Gasteiger charge is -2.34. The van der Waals surface area contributed by atoms with Crippen LogP contribution in [-0.4, -0.2) is 47.6 Å². The zero-order chi connectivity index (χ0) is 19.7. The van der Waals surface area contributed by atoms with Crippen molar-refractivity contribution in [2.24, 2.45) is 5.92 Å². The zero-order valence-electron chi connectivity index (χ0n) is 15.3. The smallest absolute Gasteiger partial charge is 0.252 e. The standard InChI is InChI=1S/C19H22BrN3O3S2/c20-17-7-8-18(27-17)28(25,26)22-10-2-4-15(13-22)19(24)23(16-5-6-16)12-14-3-1-9-21-11-14/h1,3,7-9,11,15-16H,2,4-6,10,12-13H2. The summed E-state index contributed by atoms with van der Waals surface area (Å²) in [6, 6.07) is 7.48. The molecule has 2 aromatic heterocycles. The molecule has 2 aromatic rings. The van der Waals surface area contributed by atoms with Crippen LogP contribution in [0.5, 0.6) is 0 Å². The number of nitrogens with zero attached hydrogens (tertiary/aromatic N) is 3. The first-order valence-electron chi connectivity index (χ1n) is 9.40. The van der Waals surface area contributed by atoms with E-state index in [1.54, 1.807) is 24.5 Å². The molecule has 4 rings (SSSR count). The molecule has 1 unspecified atom stereocenters. The van der Waals surface area contributed by atoms with Gasteiger partial charge in [0.1, 0.15) is 4.21 Å². The fourth-order valence-electron chi connectivity index (χ4n) is 3.62. The van der Waals surface area contributed by atoms with E-state index in [0.717, 1.165) is 28.6 Å². The largest absolute Gasteiger partial charge is 0.335 e. The maximum absolute atomic E-state index is 13.3. The molecule has 0 radical (unpaired) electrons. The van der Waals surface area contributed by atoms with Crippen LogP contribution in [0.4, 0.5) is 0 Å². The topological polar surface area (TPSA) is 70.6 Å². The molecule has 2 fully saturated rings. The van der Waals surface area contributed by atoms with Gasteiger partial charge in [0.15, 0.2) is 0 Å². The van der Waals surface area contributed by atoms with E-state index in [0.29, 0.717) is 23.7 Å². The van der Waals surface area contributed by atoms with E-state index in [2.05, 4.69) is 20.9 Å². The van der Waals surface area contributed by atoms with Gasteiger partial charge < -0.3 is 4.90 Å². The van der Waals surface area contributed by atoms with Crippen LogP contribution in [0.1, 0.15) is 31.2 Å². The Morgan fingerprint density at radius 2 is 2.11 bits per heavy atom. The highest BCUT2D eigenvalue weighted by molar-refractivity contribution is 9.11. The molecule has 0 bridgehead atoms. The van der Waals surface area contributed by atoms with Gasteiger partial charge >= 0.3 is 0 Å². The third kappa shape index (κ3) is 4.32. The second-order valence-electron chi connectivity index (χ2n) is 7.32. The average molecular weight is 484 g/mol. The summed E-state index contributed by atoms with van der Waals surface area (Å²) in [7, 11) is -3.56. The minimum atomic E-state index is -3.56. The molecule has 1 aliphatic heterocycles. The van der Waals surface area contributed by atoms with E-state index in [9.17, 15) is 13.2 Å². The quantitative estimate of drug-likeness (QED) is 0.630. The van der Waals surface area contributed by atoms with E-state index in [1.165, 1.54) is 15.6 Å². The Morgan fingerprint density at radius 3 is 2.75 bits per heavy atom. The predicted octanol–water partition coefficient (Wildman–Crippen LogP) is 3.50. The second-order valence-corrected chi connectivity index (χ2v) is 11.9. The minimum absolute atomic E-state index is 0.0682. The van der Waals surface area contributed by atoms with Gasteiger partial charge in [-0.2, -0.15) is 4.31 Å². The van der Waals surface area contributed by atoms with Crippen molar-refractivity contribution in [3.8, 4) is 0 Å². The van der Waals surface area contributed by atoms with Crippen molar-refractivity contribution in [1.82, 2.24) is 14.2 Å². The lowest BCUT2D eigenvalue weighted by molar-refractivity contribution is -0.138. The number of amides is 1. The van der Waals surface area contributed by atoms with Crippen LogP contribution < -0.4 is 0 Å². The number of piperidine rings is 1. The number of carbonyl (C=O) groups is 1. The Balaban J connectivity index is 1.49. The second kappa shape index (κ2) is 8.22. The highest BCUT2D eigenvalue weighted by atomic mass is 79.9. The first kappa shape index (κ1) is 20.0. The molecular weight excluding hydrogens is 462 g/mol. The predicted molar refractivity (Wildman–Crippen MR) is 111 cm³/mol. The normalized spacial score (nSPS) is 20.8. The van der Waals surface area contributed by atoms with Gasteiger partial charge in [0.25, 0.3) is 10.0 Å². The first-order valence-corrected chi connectivity index (χ1v) is 12.4. The molecule has 1 saturated heterocycles. The Hall–Kier alpha value is -1.29. The maximum atomic E-state index is 13.3. The molecule has 2 aliphatic rings. The summed E-state index contributed by atoms with van der Waals surface area (Å²) in [5.41, 5.74) is 1.01. The zero-order valence-corrected chi connectivity index (χ0v) is 18.5. The van der Waals surface area contributed by atoms with Crippen molar-refractivity contribution >= 4 is 43.2 Å². The number of halogens is 1. The fraction of sp³-hybridized carbons (Fsp3) is 0.474. The molecule has 6 nitrogen and oxygen atoms in total. The fourth-order valence-corrected chi connectivity index (χ4v) is 7.31. The van der Waals surface area contributed by atoms with Crippen LogP contribution in [0.25, 0.3) is 0 Å². The van der Waals surface area contributed by atoms with Crippen molar-refractivity contribution in [3.05, 3.63) is 46.0 Å². The van der Waals surface area contributed by atoms with Crippen LogP contribution >= 0.6 is 27.3 Å². The Kier molecular flexibility index (Phi) is 5.87. The molecule has 1 aliphatic carbocycles. The van der Waals surface area contributed by atoms with E-state index in [1.807, 2.05) is 17.0 Å². The summed E-state index contributed by atoms with van der Waals surface area (Å²) >= 11 is 4.53. The molecule has 9 heteroatoms. The molecule has 0 aromatic carbocycles. The summed E-state index contributed by atoms with van der Waals surface area (Å²) in [5, 5.41) is 0. The van der Waals surface area contributed by atoms with E-state index < -0.39 is 10.0 Å². The summed E-state index contributed by atoms with van der Waals surface area (Å²) in [6.45, 7) is 1.26. The number of hydrogen-bond donors (Lipinski definition) is 0. The first-order chi connectivity index (χ1) is 13.4. The average Bonchev–Trinajstić information content (AvgIpc) is 3.46. The highest BCUT2D eigenvalue weighted by Crippen LogP contribution is 2.34. The van der Waals surface area contributed by atoms with Crippen molar-refractivity contribution < 1.29 is 13.2 Å². The molecule has 28 heavy (non-hydrogen) atoms. The molecule has 1 atom stereocenters. The number of thiophene rings is 1. The van der Waals surface area contributed by atoms with Crippen LogP contribution in [0.15, 0.2) is 44.7 Å². The number of sulfonamides is 1. The summed E-state index contributed by atoms with van der Waals surface area (Å²) < 4.78 is 28.5. The van der Waals surface area contributed by atoms with Gasteiger partial charge in [-0.05, 0) is 65.4 Å². The number of pyridine rings is 1. The molecule has 0 N–H and O–H groups in total. The van der Waals surface area contributed by atoms with Crippen molar-refractivity contribution in [1.29, 1.82) is 0 Å². The molecule has 3 heterocycles. The van der Waals surface area contributed by atoms with Gasteiger partial charge in [-0.1, -0.05) is 6.07 Å². The Labute approximate surface area is 177 Å². The van der Waals surface area contributed by atoms with E-state index >= 15 is 0 Å². The number of rotatable bonds is 6. The summed E-state index contributed by atoms with van der Waals surface area (Å²) in [6.07, 6.45) is 6.98. The molecule has 1 amide bonds. The molecule has 1 saturated carbocycles. The Morgan fingerprint density at radius 1 is 1.29 bits per heavy atom. The lowest BCUT2D eigenvalue weighted by atomic mass is 9.97. The molecular formula is C19H22BrN3O3S2. The van der Waals surface area contributed by atoms with Crippen LogP contribution in [-0.2, 0) is 21.4 Å². The maximum Gasteiger partial charge on any atom is 0.252 e. The lowest BCUT2D eigenvalue weighted by Crippen LogP contribution is -2.47. The van der Waals surface area contributed by atoms with Crippen molar-refractivity contribution in [3.63, 3.8) is 0 Å². The van der Waals surface area contributed by atoms with Crippen molar-refractivity contribution in [2.45, 2.75) is 42.5 Å². The monoisotopic (exact) mass is 483 g/mol. The number of aromatic nitrogens is 1. The third-order valence-corrected chi connectivity index (χ3v) is 9.18. The van der Waals surface area contributed by atoms with E-state index in [4.69, 9.17) is 0 Å². The Bertz CT molecular complexity index is 944. The third-order valence-electron chi connectivity index (χ3n) is 5.22. The van der Waals surface area contributed by atoms with Gasteiger partial charge in [0.05, 0.1) is 9.70 Å². The molecule has 150 valence electrons.